The molecular formula is C18H16F2N4OS. The number of rotatable bonds is 6. The van der Waals surface area contributed by atoms with E-state index in [1.807, 2.05) is 0 Å². The van der Waals surface area contributed by atoms with Gasteiger partial charge in [-0.1, -0.05) is 24.3 Å². The van der Waals surface area contributed by atoms with Crippen LogP contribution in [-0.4, -0.2) is 28.9 Å². The minimum Gasteiger partial charge on any atom is -0.341 e. The maximum absolute atomic E-state index is 13.6. The van der Waals surface area contributed by atoms with E-state index in [9.17, 15) is 13.6 Å². The number of nitrogens with zero attached hydrogens (tertiary/aromatic N) is 3. The Kier molecular flexibility index (Phi) is 5.52. The molecule has 1 N–H and O–H groups in total. The quantitative estimate of drug-likeness (QED) is 0.718. The van der Waals surface area contributed by atoms with Gasteiger partial charge in [0.1, 0.15) is 17.5 Å². The number of anilines is 2. The molecule has 2 aromatic carbocycles. The second kappa shape index (κ2) is 8.01. The number of nitrogens with one attached hydrogen (secondary N) is 1. The zero-order chi connectivity index (χ0) is 18.5. The van der Waals surface area contributed by atoms with Gasteiger partial charge in [-0.3, -0.25) is 4.79 Å². The number of hydrogen-bond acceptors (Lipinski definition) is 5. The summed E-state index contributed by atoms with van der Waals surface area (Å²) in [6, 6.07) is 12.1. The van der Waals surface area contributed by atoms with E-state index in [2.05, 4.69) is 14.7 Å². The Labute approximate surface area is 153 Å². The number of amides is 1. The topological polar surface area (TPSA) is 58.1 Å². The van der Waals surface area contributed by atoms with E-state index in [0.29, 0.717) is 17.4 Å². The van der Waals surface area contributed by atoms with Crippen molar-refractivity contribution >= 4 is 28.3 Å². The van der Waals surface area contributed by atoms with E-state index in [1.54, 1.807) is 36.2 Å². The van der Waals surface area contributed by atoms with Gasteiger partial charge >= 0.3 is 0 Å². The number of carbonyl (C=O) groups is 1. The van der Waals surface area contributed by atoms with Crippen LogP contribution in [0.2, 0.25) is 0 Å². The molecule has 1 amide bonds. The summed E-state index contributed by atoms with van der Waals surface area (Å²) in [5, 5.41) is 3.10. The average Bonchev–Trinajstić information content (AvgIpc) is 3.08. The molecule has 1 heterocycles. The minimum atomic E-state index is -0.485. The molecule has 3 aromatic rings. The standard InChI is InChI=1S/C18H16F2N4OS/c1-24(11-17(25)21-15-5-3-2-4-14(15)20)18-22-16(23-26-18)10-12-6-8-13(19)9-7-12/h2-9H,10-11H2,1H3,(H,21,25). The number of likely N-dealkylation sites (N-methyl/N-ethyl adjacent to an activating group) is 1. The van der Waals surface area contributed by atoms with Crippen molar-refractivity contribution in [2.24, 2.45) is 0 Å². The van der Waals surface area contributed by atoms with Gasteiger partial charge in [-0.05, 0) is 29.8 Å². The maximum Gasteiger partial charge on any atom is 0.244 e. The fourth-order valence-corrected chi connectivity index (χ4v) is 2.93. The highest BCUT2D eigenvalue weighted by atomic mass is 32.1. The van der Waals surface area contributed by atoms with Crippen LogP contribution in [0.25, 0.3) is 0 Å². The molecule has 0 bridgehead atoms. The van der Waals surface area contributed by atoms with Crippen molar-refractivity contribution in [2.75, 3.05) is 23.8 Å². The van der Waals surface area contributed by atoms with Crippen molar-refractivity contribution in [2.45, 2.75) is 6.42 Å². The van der Waals surface area contributed by atoms with Gasteiger partial charge < -0.3 is 10.2 Å². The summed E-state index contributed by atoms with van der Waals surface area (Å²) in [6.07, 6.45) is 0.478. The first-order valence-corrected chi connectivity index (χ1v) is 8.61. The third-order valence-electron chi connectivity index (χ3n) is 3.59. The number of aromatic nitrogens is 2. The fraction of sp³-hybridized carbons (Fsp3) is 0.167. The van der Waals surface area contributed by atoms with E-state index in [1.165, 1.54) is 35.8 Å². The van der Waals surface area contributed by atoms with Crippen molar-refractivity contribution in [3.05, 3.63) is 71.6 Å². The van der Waals surface area contributed by atoms with Crippen molar-refractivity contribution in [3.8, 4) is 0 Å². The molecule has 5 nitrogen and oxygen atoms in total. The molecule has 0 atom stereocenters. The predicted octanol–water partition coefficient (Wildman–Crippen LogP) is 3.48. The van der Waals surface area contributed by atoms with Crippen molar-refractivity contribution in [3.63, 3.8) is 0 Å². The lowest BCUT2D eigenvalue weighted by atomic mass is 10.1. The Hall–Kier alpha value is -2.87. The number of benzene rings is 2. The molecule has 0 radical (unpaired) electrons. The Morgan fingerprint density at radius 3 is 2.62 bits per heavy atom. The minimum absolute atomic E-state index is 0.0134. The lowest BCUT2D eigenvalue weighted by molar-refractivity contribution is -0.114. The molecule has 0 aliphatic rings. The van der Waals surface area contributed by atoms with Crippen molar-refractivity contribution in [1.29, 1.82) is 0 Å². The molecule has 0 aliphatic heterocycles. The van der Waals surface area contributed by atoms with E-state index in [0.717, 1.165) is 5.56 Å². The first-order valence-electron chi connectivity index (χ1n) is 7.84. The normalized spacial score (nSPS) is 10.6. The van der Waals surface area contributed by atoms with Crippen LogP contribution in [0.1, 0.15) is 11.4 Å². The molecule has 3 rings (SSSR count). The first-order chi connectivity index (χ1) is 12.5. The van der Waals surface area contributed by atoms with Gasteiger partial charge in [-0.15, -0.1) is 0 Å². The van der Waals surface area contributed by atoms with E-state index < -0.39 is 5.82 Å². The van der Waals surface area contributed by atoms with Gasteiger partial charge in [-0.25, -0.2) is 13.8 Å². The van der Waals surface area contributed by atoms with Gasteiger partial charge in [0.15, 0.2) is 0 Å². The molecule has 0 unspecified atom stereocenters. The zero-order valence-corrected chi connectivity index (χ0v) is 14.8. The number of carbonyl (C=O) groups excluding carboxylic acids is 1. The van der Waals surface area contributed by atoms with Crippen LogP contribution in [0.3, 0.4) is 0 Å². The van der Waals surface area contributed by atoms with E-state index in [-0.39, 0.29) is 24.0 Å². The van der Waals surface area contributed by atoms with Crippen LogP contribution in [0.4, 0.5) is 19.6 Å². The van der Waals surface area contributed by atoms with Crippen LogP contribution in [0, 0.1) is 11.6 Å². The second-order valence-electron chi connectivity index (χ2n) is 5.68. The number of para-hydroxylation sites is 1. The largest absolute Gasteiger partial charge is 0.341 e. The highest BCUT2D eigenvalue weighted by Gasteiger charge is 2.14. The summed E-state index contributed by atoms with van der Waals surface area (Å²) in [4.78, 5) is 18.1. The smallest absolute Gasteiger partial charge is 0.244 e. The summed E-state index contributed by atoms with van der Waals surface area (Å²) in [5.41, 5.74) is 1.04. The van der Waals surface area contributed by atoms with E-state index >= 15 is 0 Å². The number of hydrogen-bond donors (Lipinski definition) is 1. The van der Waals surface area contributed by atoms with Crippen LogP contribution in [0.15, 0.2) is 48.5 Å². The predicted molar refractivity (Wildman–Crippen MR) is 97.4 cm³/mol. The Morgan fingerprint density at radius 2 is 1.88 bits per heavy atom. The molecule has 0 fully saturated rings. The lowest BCUT2D eigenvalue weighted by Crippen LogP contribution is -2.30. The summed E-state index contributed by atoms with van der Waals surface area (Å²) in [5.74, 6) is -0.534. The Morgan fingerprint density at radius 1 is 1.15 bits per heavy atom. The molecule has 134 valence electrons. The van der Waals surface area contributed by atoms with Crippen LogP contribution in [-0.2, 0) is 11.2 Å². The summed E-state index contributed by atoms with van der Waals surface area (Å²) in [6.45, 7) is 0.0134. The molecule has 0 aliphatic carbocycles. The van der Waals surface area contributed by atoms with Crippen molar-refractivity contribution in [1.82, 2.24) is 9.36 Å². The molecular weight excluding hydrogens is 358 g/mol. The van der Waals surface area contributed by atoms with Crippen LogP contribution >= 0.6 is 11.5 Å². The van der Waals surface area contributed by atoms with Gasteiger partial charge in [-0.2, -0.15) is 4.37 Å². The van der Waals surface area contributed by atoms with Gasteiger partial charge in [0.25, 0.3) is 0 Å². The zero-order valence-electron chi connectivity index (χ0n) is 13.9. The summed E-state index contributed by atoms with van der Waals surface area (Å²) in [7, 11) is 1.71. The fourth-order valence-electron chi connectivity index (χ4n) is 2.29. The monoisotopic (exact) mass is 374 g/mol. The third kappa shape index (κ3) is 4.60. The maximum atomic E-state index is 13.6. The second-order valence-corrected chi connectivity index (χ2v) is 6.41. The van der Waals surface area contributed by atoms with Crippen LogP contribution < -0.4 is 10.2 Å². The average molecular weight is 374 g/mol. The van der Waals surface area contributed by atoms with E-state index in [4.69, 9.17) is 0 Å². The molecule has 0 saturated carbocycles. The van der Waals surface area contributed by atoms with Gasteiger partial charge in [0.2, 0.25) is 11.0 Å². The number of halogens is 2. The Balaban J connectivity index is 1.59. The molecule has 0 spiro atoms. The summed E-state index contributed by atoms with van der Waals surface area (Å²) >= 11 is 1.17. The lowest BCUT2D eigenvalue weighted by Gasteiger charge is -2.14. The van der Waals surface area contributed by atoms with Crippen LogP contribution in [0.5, 0.6) is 0 Å². The highest BCUT2D eigenvalue weighted by Crippen LogP contribution is 2.18. The molecule has 26 heavy (non-hydrogen) atoms. The Bertz CT molecular complexity index is 898. The summed E-state index contributed by atoms with van der Waals surface area (Å²) < 4.78 is 30.8. The SMILES string of the molecule is CN(CC(=O)Nc1ccccc1F)c1nc(Cc2ccc(F)cc2)ns1. The third-order valence-corrected chi connectivity index (χ3v) is 4.46. The van der Waals surface area contributed by atoms with Crippen molar-refractivity contribution < 1.29 is 13.6 Å². The van der Waals surface area contributed by atoms with Gasteiger partial charge in [0.05, 0.1) is 12.2 Å². The molecule has 8 heteroatoms. The molecule has 1 aromatic heterocycles. The highest BCUT2D eigenvalue weighted by molar-refractivity contribution is 7.09. The van der Waals surface area contributed by atoms with Gasteiger partial charge in [0, 0.05) is 25.0 Å². The molecule has 0 saturated heterocycles. The first kappa shape index (κ1) is 17.9.